The summed E-state index contributed by atoms with van der Waals surface area (Å²) in [4.78, 5) is 0. The van der Waals surface area contributed by atoms with E-state index in [1.165, 1.54) is 17.3 Å². The molecule has 0 saturated carbocycles. The molecule has 0 atom stereocenters. The van der Waals surface area contributed by atoms with Crippen molar-refractivity contribution in [3.8, 4) is 0 Å². The molecule has 0 aromatic heterocycles. The van der Waals surface area contributed by atoms with E-state index in [0.29, 0.717) is 0 Å². The van der Waals surface area contributed by atoms with Crippen LogP contribution in [0.2, 0.25) is 0 Å². The topological polar surface area (TPSA) is 0 Å². The van der Waals surface area contributed by atoms with Gasteiger partial charge in [-0.05, 0) is 18.4 Å². The molecule has 1 radical (unpaired) electrons. The first-order valence-electron chi connectivity index (χ1n) is 2.97. The second kappa shape index (κ2) is 9.05. The number of rotatable bonds is 6. The Hall–Kier alpha value is 1.05. The molecule has 0 aliphatic carbocycles. The Balaban J connectivity index is 2.60. The van der Waals surface area contributed by atoms with Gasteiger partial charge in [0.05, 0.1) is 0 Å². The van der Waals surface area contributed by atoms with Crippen molar-refractivity contribution in [3.05, 3.63) is 6.92 Å². The van der Waals surface area contributed by atoms with E-state index >= 15 is 0 Å². The molecule has 0 aliphatic heterocycles. The predicted octanol–water partition coefficient (Wildman–Crippen LogP) is 2.22. The summed E-state index contributed by atoms with van der Waals surface area (Å²) in [6.07, 6.45) is 0. The summed E-state index contributed by atoms with van der Waals surface area (Å²) < 4.78 is 0. The molecule has 0 unspecified atom stereocenters. The van der Waals surface area contributed by atoms with Crippen molar-refractivity contribution in [2.75, 3.05) is 28.8 Å². The van der Waals surface area contributed by atoms with Gasteiger partial charge in [0, 0.05) is 17.3 Å². The fourth-order valence-corrected chi connectivity index (χ4v) is 2.25. The molecule has 0 spiro atoms. The second-order valence-corrected chi connectivity index (χ2v) is 4.35. The van der Waals surface area contributed by atoms with Crippen LogP contribution < -0.4 is 0 Å². The van der Waals surface area contributed by atoms with Gasteiger partial charge in [-0.2, -0.15) is 36.2 Å². The monoisotopic (exact) mass is 181 g/mol. The van der Waals surface area contributed by atoms with Crippen LogP contribution in [0.25, 0.3) is 0 Å². The standard InChI is InChI=1S/C6H13S3/c1-2-8-5-6-9-4-3-7/h7H,1-6H2. The number of hydrogen-bond donors (Lipinski definition) is 1. The Morgan fingerprint density at radius 2 is 1.78 bits per heavy atom. The Morgan fingerprint density at radius 1 is 1.11 bits per heavy atom. The van der Waals surface area contributed by atoms with Crippen molar-refractivity contribution >= 4 is 36.2 Å². The van der Waals surface area contributed by atoms with Gasteiger partial charge in [-0.1, -0.05) is 0 Å². The fraction of sp³-hybridized carbons (Fsp3) is 0.833. The molecule has 0 amide bonds. The Kier molecular flexibility index (Phi) is 10.1. The second-order valence-electron chi connectivity index (χ2n) is 1.45. The van der Waals surface area contributed by atoms with Crippen LogP contribution in [0.15, 0.2) is 0 Å². The summed E-state index contributed by atoms with van der Waals surface area (Å²) in [7, 11) is 0. The maximum Gasteiger partial charge on any atom is 0.00238 e. The van der Waals surface area contributed by atoms with Gasteiger partial charge in [-0.15, -0.1) is 0 Å². The fourth-order valence-electron chi connectivity index (χ4n) is 0.387. The molecule has 0 fully saturated rings. The zero-order chi connectivity index (χ0) is 6.95. The lowest BCUT2D eigenvalue weighted by Gasteiger charge is -1.96. The summed E-state index contributed by atoms with van der Waals surface area (Å²) in [6, 6.07) is 0. The number of hydrogen-bond acceptors (Lipinski definition) is 3. The van der Waals surface area contributed by atoms with E-state index in [1.807, 2.05) is 23.5 Å². The van der Waals surface area contributed by atoms with Crippen LogP contribution in [0.3, 0.4) is 0 Å². The van der Waals surface area contributed by atoms with Crippen LogP contribution in [0.4, 0.5) is 0 Å². The molecule has 0 rings (SSSR count). The molecule has 55 valence electrons. The molecule has 0 aromatic carbocycles. The minimum atomic E-state index is 1.000. The van der Waals surface area contributed by atoms with Gasteiger partial charge in [-0.3, -0.25) is 0 Å². The van der Waals surface area contributed by atoms with Gasteiger partial charge >= 0.3 is 0 Å². The zero-order valence-corrected chi connectivity index (χ0v) is 8.03. The highest BCUT2D eigenvalue weighted by Gasteiger charge is 1.86. The van der Waals surface area contributed by atoms with Crippen LogP contribution in [-0.4, -0.2) is 28.8 Å². The SMILES string of the molecule is [CH2]CSCCSCCS. The molecule has 0 nitrogen and oxygen atoms in total. The molecular formula is C6H13S3. The first-order chi connectivity index (χ1) is 4.41. The maximum atomic E-state index is 4.11. The van der Waals surface area contributed by atoms with Crippen molar-refractivity contribution in [3.63, 3.8) is 0 Å². The smallest absolute Gasteiger partial charge is 0.00238 e. The lowest BCUT2D eigenvalue weighted by atomic mass is 10.9. The normalized spacial score (nSPS) is 10.0. The van der Waals surface area contributed by atoms with E-state index in [4.69, 9.17) is 0 Å². The van der Waals surface area contributed by atoms with Gasteiger partial charge in [0.2, 0.25) is 0 Å². The number of thioether (sulfide) groups is 2. The lowest BCUT2D eigenvalue weighted by Crippen LogP contribution is -1.87. The van der Waals surface area contributed by atoms with Gasteiger partial charge in [0.25, 0.3) is 0 Å². The summed E-state index contributed by atoms with van der Waals surface area (Å²) >= 11 is 7.98. The maximum absolute atomic E-state index is 4.11. The van der Waals surface area contributed by atoms with E-state index in [2.05, 4.69) is 19.6 Å². The van der Waals surface area contributed by atoms with Crippen LogP contribution in [-0.2, 0) is 0 Å². The van der Waals surface area contributed by atoms with Gasteiger partial charge in [0.1, 0.15) is 0 Å². The Bertz CT molecular complexity index is 41.6. The van der Waals surface area contributed by atoms with Crippen molar-refractivity contribution in [2.45, 2.75) is 0 Å². The highest BCUT2D eigenvalue weighted by atomic mass is 32.2. The molecule has 0 heterocycles. The quantitative estimate of drug-likeness (QED) is 0.493. The molecule has 0 bridgehead atoms. The van der Waals surface area contributed by atoms with Crippen molar-refractivity contribution in [1.29, 1.82) is 0 Å². The van der Waals surface area contributed by atoms with E-state index in [-0.39, 0.29) is 0 Å². The largest absolute Gasteiger partial charge is 0.179 e. The first kappa shape index (κ1) is 10.0. The average Bonchev–Trinajstić information content (AvgIpc) is 1.89. The highest BCUT2D eigenvalue weighted by molar-refractivity contribution is 8.03. The molecule has 0 saturated heterocycles. The molecule has 9 heavy (non-hydrogen) atoms. The minimum absolute atomic E-state index is 1.000. The summed E-state index contributed by atoms with van der Waals surface area (Å²) in [5, 5.41) is 0. The van der Waals surface area contributed by atoms with E-state index in [1.54, 1.807) is 0 Å². The zero-order valence-electron chi connectivity index (χ0n) is 5.51. The lowest BCUT2D eigenvalue weighted by molar-refractivity contribution is 1.49. The molecule has 0 aromatic rings. The third kappa shape index (κ3) is 9.05. The van der Waals surface area contributed by atoms with Gasteiger partial charge in [-0.25, -0.2) is 0 Å². The third-order valence-electron chi connectivity index (χ3n) is 0.752. The third-order valence-corrected chi connectivity index (χ3v) is 3.30. The van der Waals surface area contributed by atoms with Crippen molar-refractivity contribution in [2.24, 2.45) is 0 Å². The number of thiol groups is 1. The molecule has 3 heteroatoms. The summed E-state index contributed by atoms with van der Waals surface area (Å²) in [5.74, 6) is 5.67. The summed E-state index contributed by atoms with van der Waals surface area (Å²) in [5.41, 5.74) is 0. The van der Waals surface area contributed by atoms with E-state index < -0.39 is 0 Å². The Labute approximate surface area is 72.0 Å². The van der Waals surface area contributed by atoms with Crippen LogP contribution in [0.1, 0.15) is 0 Å². The summed E-state index contributed by atoms with van der Waals surface area (Å²) in [6.45, 7) is 3.74. The van der Waals surface area contributed by atoms with Crippen molar-refractivity contribution in [1.82, 2.24) is 0 Å². The van der Waals surface area contributed by atoms with Gasteiger partial charge < -0.3 is 0 Å². The van der Waals surface area contributed by atoms with Crippen molar-refractivity contribution < 1.29 is 0 Å². The molecule has 0 N–H and O–H groups in total. The highest BCUT2D eigenvalue weighted by Crippen LogP contribution is 2.05. The van der Waals surface area contributed by atoms with Crippen LogP contribution in [0.5, 0.6) is 0 Å². The van der Waals surface area contributed by atoms with E-state index in [9.17, 15) is 0 Å². The van der Waals surface area contributed by atoms with Crippen LogP contribution >= 0.6 is 36.2 Å². The first-order valence-corrected chi connectivity index (χ1v) is 5.91. The predicted molar refractivity (Wildman–Crippen MR) is 53.9 cm³/mol. The molecular weight excluding hydrogens is 168 g/mol. The molecule has 0 aliphatic rings. The Morgan fingerprint density at radius 3 is 2.33 bits per heavy atom. The average molecular weight is 181 g/mol. The minimum Gasteiger partial charge on any atom is -0.179 e. The van der Waals surface area contributed by atoms with Gasteiger partial charge in [0.15, 0.2) is 0 Å². The van der Waals surface area contributed by atoms with Crippen LogP contribution in [0, 0.1) is 6.92 Å². The van der Waals surface area contributed by atoms with E-state index in [0.717, 1.165) is 11.5 Å².